The summed E-state index contributed by atoms with van der Waals surface area (Å²) >= 11 is 0. The average molecular weight is 230 g/mol. The van der Waals surface area contributed by atoms with Crippen LogP contribution in [0.3, 0.4) is 0 Å². The highest BCUT2D eigenvalue weighted by Gasteiger charge is 2.10. The fraction of sp³-hybridized carbons (Fsp3) is 0.357. The summed E-state index contributed by atoms with van der Waals surface area (Å²) in [6, 6.07) is 6.13. The first kappa shape index (κ1) is 11.9. The highest BCUT2D eigenvalue weighted by Crippen LogP contribution is 2.30. The second kappa shape index (κ2) is 4.34. The van der Waals surface area contributed by atoms with E-state index in [1.807, 2.05) is 19.9 Å². The second-order valence-electron chi connectivity index (χ2n) is 4.49. The summed E-state index contributed by atoms with van der Waals surface area (Å²) < 4.78 is 5.42. The minimum absolute atomic E-state index is 0.0177. The summed E-state index contributed by atoms with van der Waals surface area (Å²) in [6.07, 6.45) is 0. The van der Waals surface area contributed by atoms with Crippen molar-refractivity contribution in [2.45, 2.75) is 26.8 Å². The maximum atomic E-state index is 5.93. The Hall–Kier alpha value is -1.61. The lowest BCUT2D eigenvalue weighted by Crippen LogP contribution is -2.05. The van der Waals surface area contributed by atoms with Gasteiger partial charge in [0.15, 0.2) is 0 Å². The van der Waals surface area contributed by atoms with Crippen LogP contribution in [0.1, 0.15) is 29.8 Å². The quantitative estimate of drug-likeness (QED) is 0.863. The Labute approximate surface area is 102 Å². The topological polar surface area (TPSA) is 48.1 Å². The summed E-state index contributed by atoms with van der Waals surface area (Å²) in [4.78, 5) is 4.56. The number of methoxy groups -OCH3 is 1. The van der Waals surface area contributed by atoms with Crippen LogP contribution in [0.4, 0.5) is 0 Å². The van der Waals surface area contributed by atoms with E-state index in [9.17, 15) is 0 Å². The van der Waals surface area contributed by atoms with Crippen molar-refractivity contribution in [1.82, 2.24) is 4.98 Å². The van der Waals surface area contributed by atoms with Crippen molar-refractivity contribution in [3.05, 3.63) is 35.0 Å². The van der Waals surface area contributed by atoms with Crippen LogP contribution in [0.25, 0.3) is 10.9 Å². The number of hydrogen-bond donors (Lipinski definition) is 1. The van der Waals surface area contributed by atoms with Gasteiger partial charge in [0, 0.05) is 23.2 Å². The van der Waals surface area contributed by atoms with E-state index in [1.54, 1.807) is 7.11 Å². The minimum Gasteiger partial charge on any atom is -0.496 e. The molecule has 1 atom stereocenters. The zero-order valence-electron chi connectivity index (χ0n) is 10.7. The molecule has 90 valence electrons. The van der Waals surface area contributed by atoms with Gasteiger partial charge in [0.05, 0.1) is 12.6 Å². The first-order chi connectivity index (χ1) is 8.02. The van der Waals surface area contributed by atoms with E-state index in [2.05, 4.69) is 24.0 Å². The van der Waals surface area contributed by atoms with E-state index >= 15 is 0 Å². The van der Waals surface area contributed by atoms with Crippen LogP contribution in [0.15, 0.2) is 18.2 Å². The van der Waals surface area contributed by atoms with Gasteiger partial charge >= 0.3 is 0 Å². The predicted octanol–water partition coefficient (Wildman–Crippen LogP) is 2.88. The molecule has 17 heavy (non-hydrogen) atoms. The molecule has 0 aliphatic heterocycles. The normalized spacial score (nSPS) is 12.8. The van der Waals surface area contributed by atoms with Crippen LogP contribution in [-0.2, 0) is 0 Å². The molecule has 2 N–H and O–H groups in total. The van der Waals surface area contributed by atoms with E-state index < -0.39 is 0 Å². The molecule has 0 bridgehead atoms. The van der Waals surface area contributed by atoms with Crippen LogP contribution >= 0.6 is 0 Å². The summed E-state index contributed by atoms with van der Waals surface area (Å²) in [7, 11) is 1.68. The van der Waals surface area contributed by atoms with E-state index in [-0.39, 0.29) is 6.04 Å². The number of aromatic nitrogens is 1. The Morgan fingerprint density at radius 3 is 2.53 bits per heavy atom. The van der Waals surface area contributed by atoms with Crippen LogP contribution in [0.2, 0.25) is 0 Å². The molecular formula is C14H18N2O. The first-order valence-electron chi connectivity index (χ1n) is 5.74. The van der Waals surface area contributed by atoms with Gasteiger partial charge in [-0.15, -0.1) is 0 Å². The third-order valence-electron chi connectivity index (χ3n) is 2.96. The Morgan fingerprint density at radius 1 is 1.24 bits per heavy atom. The molecule has 0 saturated carbocycles. The molecule has 3 nitrogen and oxygen atoms in total. The number of nitrogens with two attached hydrogens (primary N) is 1. The van der Waals surface area contributed by atoms with Crippen LogP contribution in [0.5, 0.6) is 5.75 Å². The third-order valence-corrected chi connectivity index (χ3v) is 2.96. The minimum atomic E-state index is 0.0177. The largest absolute Gasteiger partial charge is 0.496 e. The van der Waals surface area contributed by atoms with Crippen LogP contribution in [-0.4, -0.2) is 12.1 Å². The van der Waals surface area contributed by atoms with Gasteiger partial charge in [-0.3, -0.25) is 4.98 Å². The molecule has 0 radical (unpaired) electrons. The van der Waals surface area contributed by atoms with Crippen LogP contribution < -0.4 is 10.5 Å². The SMILES string of the molecule is COc1cc(C)nc2c(C)cc(C(C)N)cc12. The van der Waals surface area contributed by atoms with Crippen molar-refractivity contribution < 1.29 is 4.74 Å². The monoisotopic (exact) mass is 230 g/mol. The number of hydrogen-bond acceptors (Lipinski definition) is 3. The van der Waals surface area contributed by atoms with Gasteiger partial charge < -0.3 is 10.5 Å². The Kier molecular flexibility index (Phi) is 3.03. The first-order valence-corrected chi connectivity index (χ1v) is 5.74. The fourth-order valence-corrected chi connectivity index (χ4v) is 2.05. The molecule has 0 amide bonds. The lowest BCUT2D eigenvalue weighted by atomic mass is 10.0. The molecule has 1 aromatic carbocycles. The summed E-state index contributed by atoms with van der Waals surface area (Å²) in [5, 5.41) is 1.03. The number of pyridine rings is 1. The van der Waals surface area contributed by atoms with Crippen molar-refractivity contribution in [1.29, 1.82) is 0 Å². The van der Waals surface area contributed by atoms with E-state index in [0.29, 0.717) is 0 Å². The van der Waals surface area contributed by atoms with Gasteiger partial charge in [-0.05, 0) is 38.0 Å². The fourth-order valence-electron chi connectivity index (χ4n) is 2.05. The molecule has 0 spiro atoms. The Bertz CT molecular complexity index is 562. The van der Waals surface area contributed by atoms with Gasteiger partial charge in [0.2, 0.25) is 0 Å². The van der Waals surface area contributed by atoms with Gasteiger partial charge in [-0.2, -0.15) is 0 Å². The lowest BCUT2D eigenvalue weighted by Gasteiger charge is -2.13. The zero-order chi connectivity index (χ0) is 12.6. The highest BCUT2D eigenvalue weighted by atomic mass is 16.5. The molecule has 3 heteroatoms. The third kappa shape index (κ3) is 2.11. The Morgan fingerprint density at radius 2 is 1.94 bits per heavy atom. The highest BCUT2D eigenvalue weighted by molar-refractivity contribution is 5.88. The van der Waals surface area contributed by atoms with Crippen molar-refractivity contribution in [2.24, 2.45) is 5.73 Å². The number of fused-ring (bicyclic) bond motifs is 1. The molecule has 0 aliphatic carbocycles. The van der Waals surface area contributed by atoms with Crippen molar-refractivity contribution >= 4 is 10.9 Å². The summed E-state index contributed by atoms with van der Waals surface area (Å²) in [5.74, 6) is 0.859. The molecule has 0 aliphatic rings. The number of rotatable bonds is 2. The Balaban J connectivity index is 2.81. The average Bonchev–Trinajstić information content (AvgIpc) is 2.28. The van der Waals surface area contributed by atoms with Crippen molar-refractivity contribution in [2.75, 3.05) is 7.11 Å². The predicted molar refractivity (Wildman–Crippen MR) is 70.4 cm³/mol. The molecule has 0 fully saturated rings. The zero-order valence-corrected chi connectivity index (χ0v) is 10.7. The van der Waals surface area contributed by atoms with Gasteiger partial charge in [-0.1, -0.05) is 6.07 Å². The maximum absolute atomic E-state index is 5.93. The molecule has 2 rings (SSSR count). The van der Waals surface area contributed by atoms with Crippen molar-refractivity contribution in [3.63, 3.8) is 0 Å². The number of nitrogens with zero attached hydrogens (tertiary/aromatic N) is 1. The van der Waals surface area contributed by atoms with E-state index in [4.69, 9.17) is 10.5 Å². The second-order valence-corrected chi connectivity index (χ2v) is 4.49. The number of ether oxygens (including phenoxy) is 1. The van der Waals surface area contributed by atoms with Crippen LogP contribution in [0, 0.1) is 13.8 Å². The maximum Gasteiger partial charge on any atom is 0.130 e. The molecule has 2 aromatic rings. The number of benzene rings is 1. The smallest absolute Gasteiger partial charge is 0.130 e. The lowest BCUT2D eigenvalue weighted by molar-refractivity contribution is 0.419. The van der Waals surface area contributed by atoms with E-state index in [1.165, 1.54) is 0 Å². The summed E-state index contributed by atoms with van der Waals surface area (Å²) in [6.45, 7) is 6.01. The molecule has 0 saturated heterocycles. The standard InChI is InChI=1S/C14H18N2O/c1-8-5-11(10(3)15)7-12-13(17-4)6-9(2)16-14(8)12/h5-7,10H,15H2,1-4H3. The number of aryl methyl sites for hydroxylation is 2. The summed E-state index contributed by atoms with van der Waals surface area (Å²) in [5.41, 5.74) is 10.1. The molecule has 1 aromatic heterocycles. The van der Waals surface area contributed by atoms with E-state index in [0.717, 1.165) is 33.5 Å². The molecule has 1 heterocycles. The molecular weight excluding hydrogens is 212 g/mol. The molecule has 1 unspecified atom stereocenters. The van der Waals surface area contributed by atoms with Gasteiger partial charge in [0.25, 0.3) is 0 Å². The van der Waals surface area contributed by atoms with Gasteiger partial charge in [-0.25, -0.2) is 0 Å². The van der Waals surface area contributed by atoms with Crippen molar-refractivity contribution in [3.8, 4) is 5.75 Å². The van der Waals surface area contributed by atoms with Gasteiger partial charge in [0.1, 0.15) is 5.75 Å².